The monoisotopic (exact) mass is 432 g/mol. The van der Waals surface area contributed by atoms with Crippen LogP contribution in [0.1, 0.15) is 63.5 Å². The van der Waals surface area contributed by atoms with Crippen molar-refractivity contribution in [3.05, 3.63) is 38.2 Å². The zero-order valence-corrected chi connectivity index (χ0v) is 19.3. The number of hydrogen-bond donors (Lipinski definition) is 1. The second kappa shape index (κ2) is 9.89. The predicted octanol–water partition coefficient (Wildman–Crippen LogP) is 2.14. The number of esters is 1. The Morgan fingerprint density at radius 3 is 2.35 bits per heavy atom. The van der Waals surface area contributed by atoms with E-state index in [1.54, 1.807) is 19.9 Å². The van der Waals surface area contributed by atoms with E-state index in [0.717, 1.165) is 0 Å². The van der Waals surface area contributed by atoms with Crippen LogP contribution in [0.2, 0.25) is 0 Å². The van der Waals surface area contributed by atoms with Crippen molar-refractivity contribution in [2.75, 3.05) is 20.2 Å². The maximum absolute atomic E-state index is 13.5. The lowest BCUT2D eigenvalue weighted by molar-refractivity contribution is -0.145. The maximum Gasteiger partial charge on any atom is 0.330 e. The van der Waals surface area contributed by atoms with E-state index in [9.17, 15) is 19.2 Å². The van der Waals surface area contributed by atoms with Crippen molar-refractivity contribution in [2.24, 2.45) is 11.8 Å². The van der Waals surface area contributed by atoms with Crippen LogP contribution in [-0.4, -0.2) is 51.5 Å². The number of ether oxygens (including phenoxy) is 1. The first kappa shape index (κ1) is 24.3. The number of nitrogens with one attached hydrogen (secondary N) is 1. The fourth-order valence-electron chi connectivity index (χ4n) is 3.42. The predicted molar refractivity (Wildman–Crippen MR) is 118 cm³/mol. The average Bonchev–Trinajstić information content (AvgIpc) is 2.72. The minimum Gasteiger partial charge on any atom is -0.469 e. The third-order valence-corrected chi connectivity index (χ3v) is 5.10. The highest BCUT2D eigenvalue weighted by molar-refractivity contribution is 6.05. The van der Waals surface area contributed by atoms with Crippen LogP contribution in [0.25, 0.3) is 11.0 Å². The van der Waals surface area contributed by atoms with Crippen molar-refractivity contribution in [3.8, 4) is 0 Å². The molecule has 0 saturated heterocycles. The number of carbonyl (C=O) groups excluding carboxylic acids is 2. The van der Waals surface area contributed by atoms with Crippen LogP contribution in [0.15, 0.2) is 15.7 Å². The smallest absolute Gasteiger partial charge is 0.330 e. The summed E-state index contributed by atoms with van der Waals surface area (Å²) in [4.78, 5) is 59.0. The van der Waals surface area contributed by atoms with Gasteiger partial charge in [-0.1, -0.05) is 34.6 Å². The summed E-state index contributed by atoms with van der Waals surface area (Å²) in [6.45, 7) is 12.1. The summed E-state index contributed by atoms with van der Waals surface area (Å²) in [5, 5.41) is 0.0822. The number of aromatic nitrogens is 3. The van der Waals surface area contributed by atoms with Crippen LogP contribution in [0.3, 0.4) is 0 Å². The molecular weight excluding hydrogens is 400 g/mol. The molecule has 2 rings (SSSR count). The molecule has 2 aromatic heterocycles. The molecule has 9 heteroatoms. The van der Waals surface area contributed by atoms with Crippen LogP contribution >= 0.6 is 0 Å². The van der Waals surface area contributed by atoms with E-state index in [-0.39, 0.29) is 35.0 Å². The van der Waals surface area contributed by atoms with Crippen LogP contribution in [0, 0.1) is 11.8 Å². The summed E-state index contributed by atoms with van der Waals surface area (Å²) >= 11 is 0. The Morgan fingerprint density at radius 1 is 1.19 bits per heavy atom. The molecule has 0 aliphatic carbocycles. The van der Waals surface area contributed by atoms with Gasteiger partial charge in [-0.15, -0.1) is 0 Å². The van der Waals surface area contributed by atoms with Gasteiger partial charge in [0.1, 0.15) is 0 Å². The second-order valence-electron chi connectivity index (χ2n) is 8.48. The standard InChI is InChI=1S/C22H32N4O5/c1-8-25(11-14(6)21(29)31-7)20(28)15-9-16(13(4)5)23-18-17(15)19(27)24-22(30)26(18)10-12(2)3/h9,12-14H,8,10-11H2,1-7H3,(H,24,27,30). The topological polar surface area (TPSA) is 114 Å². The van der Waals surface area contributed by atoms with Gasteiger partial charge in [-0.3, -0.25) is 23.9 Å². The minimum atomic E-state index is -0.650. The van der Waals surface area contributed by atoms with Gasteiger partial charge in [-0.05, 0) is 24.8 Å². The normalized spacial score (nSPS) is 12.4. The molecule has 2 aromatic rings. The lowest BCUT2D eigenvalue weighted by atomic mass is 10.0. The molecule has 1 amide bonds. The number of aromatic amines is 1. The number of rotatable bonds is 8. The van der Waals surface area contributed by atoms with Crippen molar-refractivity contribution in [1.29, 1.82) is 0 Å². The van der Waals surface area contributed by atoms with E-state index in [2.05, 4.69) is 9.97 Å². The number of pyridine rings is 1. The van der Waals surface area contributed by atoms with Crippen molar-refractivity contribution in [1.82, 2.24) is 19.4 Å². The Labute approximate surface area is 181 Å². The van der Waals surface area contributed by atoms with E-state index in [1.807, 2.05) is 27.7 Å². The summed E-state index contributed by atoms with van der Waals surface area (Å²) in [7, 11) is 1.30. The van der Waals surface area contributed by atoms with Crippen LogP contribution in [0.4, 0.5) is 0 Å². The molecule has 1 atom stereocenters. The summed E-state index contributed by atoms with van der Waals surface area (Å²) in [5.41, 5.74) is -0.219. The molecule has 2 heterocycles. The Bertz CT molecular complexity index is 1080. The largest absolute Gasteiger partial charge is 0.469 e. The molecule has 0 aliphatic heterocycles. The van der Waals surface area contributed by atoms with E-state index < -0.39 is 29.0 Å². The summed E-state index contributed by atoms with van der Waals surface area (Å²) in [5.74, 6) is -1.24. The molecule has 0 spiro atoms. The first-order chi connectivity index (χ1) is 14.5. The maximum atomic E-state index is 13.5. The van der Waals surface area contributed by atoms with Crippen molar-refractivity contribution < 1.29 is 14.3 Å². The highest BCUT2D eigenvalue weighted by atomic mass is 16.5. The molecule has 0 radical (unpaired) electrons. The summed E-state index contributed by atoms with van der Waals surface area (Å²) in [6, 6.07) is 1.61. The van der Waals surface area contributed by atoms with Crippen LogP contribution in [0.5, 0.6) is 0 Å². The zero-order valence-electron chi connectivity index (χ0n) is 19.3. The molecule has 0 aliphatic rings. The first-order valence-corrected chi connectivity index (χ1v) is 10.6. The molecule has 9 nitrogen and oxygen atoms in total. The first-order valence-electron chi connectivity index (χ1n) is 10.6. The highest BCUT2D eigenvalue weighted by Gasteiger charge is 2.26. The Kier molecular flexibility index (Phi) is 7.75. The number of hydrogen-bond acceptors (Lipinski definition) is 6. The van der Waals surface area contributed by atoms with Crippen LogP contribution < -0.4 is 11.2 Å². The fraction of sp³-hybridized carbons (Fsp3) is 0.591. The Hall–Kier alpha value is -2.97. The number of amides is 1. The van der Waals surface area contributed by atoms with E-state index in [0.29, 0.717) is 18.8 Å². The van der Waals surface area contributed by atoms with Gasteiger partial charge < -0.3 is 9.64 Å². The molecule has 1 N–H and O–H groups in total. The number of fused-ring (bicyclic) bond motifs is 1. The number of carbonyl (C=O) groups is 2. The number of nitrogens with zero attached hydrogens (tertiary/aromatic N) is 3. The zero-order chi connectivity index (χ0) is 23.5. The summed E-state index contributed by atoms with van der Waals surface area (Å²) < 4.78 is 6.18. The van der Waals surface area contributed by atoms with E-state index >= 15 is 0 Å². The van der Waals surface area contributed by atoms with Gasteiger partial charge in [0.15, 0.2) is 5.65 Å². The second-order valence-corrected chi connectivity index (χ2v) is 8.48. The lowest BCUT2D eigenvalue weighted by Gasteiger charge is -2.25. The Morgan fingerprint density at radius 2 is 1.84 bits per heavy atom. The van der Waals surface area contributed by atoms with Gasteiger partial charge in [0, 0.05) is 25.3 Å². The summed E-state index contributed by atoms with van der Waals surface area (Å²) in [6.07, 6.45) is 0. The SMILES string of the molecule is CCN(CC(C)C(=O)OC)C(=O)c1cc(C(C)C)nc2c1c(=O)[nH]c(=O)n2CC(C)C. The van der Waals surface area contributed by atoms with Crippen LogP contribution in [-0.2, 0) is 16.1 Å². The number of H-pyrrole nitrogens is 1. The van der Waals surface area contributed by atoms with Gasteiger partial charge in [0.2, 0.25) is 0 Å². The molecular formula is C22H32N4O5. The van der Waals surface area contributed by atoms with Gasteiger partial charge in [-0.25, -0.2) is 9.78 Å². The van der Waals surface area contributed by atoms with Gasteiger partial charge in [0.25, 0.3) is 11.5 Å². The van der Waals surface area contributed by atoms with E-state index in [4.69, 9.17) is 4.74 Å². The lowest BCUT2D eigenvalue weighted by Crippen LogP contribution is -2.39. The molecule has 31 heavy (non-hydrogen) atoms. The van der Waals surface area contributed by atoms with Crippen molar-refractivity contribution >= 4 is 22.9 Å². The van der Waals surface area contributed by atoms with Gasteiger partial charge in [0.05, 0.1) is 24.0 Å². The van der Waals surface area contributed by atoms with Gasteiger partial charge in [-0.2, -0.15) is 0 Å². The molecule has 0 fully saturated rings. The highest BCUT2D eigenvalue weighted by Crippen LogP contribution is 2.22. The molecule has 0 saturated carbocycles. The molecule has 0 aromatic carbocycles. The van der Waals surface area contributed by atoms with Crippen molar-refractivity contribution in [2.45, 2.75) is 54.0 Å². The molecule has 0 bridgehead atoms. The Balaban J connectivity index is 2.76. The molecule has 170 valence electrons. The van der Waals surface area contributed by atoms with Gasteiger partial charge >= 0.3 is 11.7 Å². The number of methoxy groups -OCH3 is 1. The minimum absolute atomic E-state index is 0.0260. The fourth-order valence-corrected chi connectivity index (χ4v) is 3.42. The third kappa shape index (κ3) is 5.21. The third-order valence-electron chi connectivity index (χ3n) is 5.10. The van der Waals surface area contributed by atoms with E-state index in [1.165, 1.54) is 16.6 Å². The quantitative estimate of drug-likeness (QED) is 0.639. The average molecular weight is 433 g/mol. The van der Waals surface area contributed by atoms with Crippen molar-refractivity contribution in [3.63, 3.8) is 0 Å². The molecule has 1 unspecified atom stereocenters.